The molecule has 0 saturated carbocycles. The van der Waals surface area contributed by atoms with Crippen LogP contribution >= 0.6 is 0 Å². The normalized spacial score (nSPS) is 28.3. The predicted molar refractivity (Wildman–Crippen MR) is 41.9 cm³/mol. The highest BCUT2D eigenvalue weighted by molar-refractivity contribution is 4.84. The summed E-state index contributed by atoms with van der Waals surface area (Å²) in [5.74, 6) is 0. The molecule has 0 amide bonds. The van der Waals surface area contributed by atoms with Crippen LogP contribution in [0.3, 0.4) is 0 Å². The number of aliphatic hydroxyl groups excluding tert-OH is 1. The van der Waals surface area contributed by atoms with Crippen molar-refractivity contribution in [2.45, 2.75) is 31.9 Å². The highest BCUT2D eigenvalue weighted by atomic mass is 16.3. The second-order valence-electron chi connectivity index (χ2n) is 3.15. The smallest absolute Gasteiger partial charge is 0.0679 e. The number of rotatable bonds is 2. The molecule has 3 heteroatoms. The molecule has 1 saturated heterocycles. The Morgan fingerprint density at radius 3 is 3.00 bits per heavy atom. The summed E-state index contributed by atoms with van der Waals surface area (Å²) in [6.45, 7) is 3.70. The van der Waals surface area contributed by atoms with E-state index in [1.54, 1.807) is 0 Å². The van der Waals surface area contributed by atoms with Crippen LogP contribution in [0.25, 0.3) is 0 Å². The molecule has 1 aliphatic heterocycles. The summed E-state index contributed by atoms with van der Waals surface area (Å²) >= 11 is 0. The molecule has 2 atom stereocenters. The summed E-state index contributed by atoms with van der Waals surface area (Å²) in [6, 6.07) is 2.44. The third kappa shape index (κ3) is 2.18. The summed E-state index contributed by atoms with van der Waals surface area (Å²) < 4.78 is 0. The number of hydrogen-bond donors (Lipinski definition) is 1. The fourth-order valence-electron chi connectivity index (χ4n) is 1.43. The van der Waals surface area contributed by atoms with Gasteiger partial charge in [0.2, 0.25) is 0 Å². The molecule has 1 rings (SSSR count). The van der Waals surface area contributed by atoms with Gasteiger partial charge in [0.15, 0.2) is 0 Å². The van der Waals surface area contributed by atoms with E-state index >= 15 is 0 Å². The molecule has 0 radical (unpaired) electrons. The van der Waals surface area contributed by atoms with Crippen molar-refractivity contribution in [3.63, 3.8) is 0 Å². The van der Waals surface area contributed by atoms with Gasteiger partial charge in [-0.2, -0.15) is 5.26 Å². The number of β-amino-alcohol motifs (C(OH)–C–C–N with tert-alkyl or cyclic N) is 1. The van der Waals surface area contributed by atoms with Crippen LogP contribution in [0.15, 0.2) is 0 Å². The van der Waals surface area contributed by atoms with Gasteiger partial charge in [-0.15, -0.1) is 0 Å². The molecule has 1 heterocycles. The van der Waals surface area contributed by atoms with Crippen molar-refractivity contribution >= 4 is 0 Å². The van der Waals surface area contributed by atoms with E-state index in [-0.39, 0.29) is 6.10 Å². The summed E-state index contributed by atoms with van der Waals surface area (Å²) in [6.07, 6.45) is 1.25. The molecule has 0 aromatic rings. The molecular formula is C8H14N2O. The maximum Gasteiger partial charge on any atom is 0.0679 e. The van der Waals surface area contributed by atoms with E-state index in [0.29, 0.717) is 12.5 Å². The number of nitrogens with zero attached hydrogens (tertiary/aromatic N) is 2. The Kier molecular flexibility index (Phi) is 2.86. The maximum absolute atomic E-state index is 9.19. The van der Waals surface area contributed by atoms with Gasteiger partial charge >= 0.3 is 0 Å². The Bertz CT molecular complexity index is 164. The highest BCUT2D eigenvalue weighted by Gasteiger charge is 2.23. The zero-order chi connectivity index (χ0) is 8.27. The highest BCUT2D eigenvalue weighted by Crippen LogP contribution is 2.13. The molecule has 0 bridgehead atoms. The van der Waals surface area contributed by atoms with Crippen molar-refractivity contribution in [3.8, 4) is 6.07 Å². The first-order valence-corrected chi connectivity index (χ1v) is 4.03. The van der Waals surface area contributed by atoms with E-state index in [0.717, 1.165) is 19.5 Å². The van der Waals surface area contributed by atoms with Gasteiger partial charge in [-0.1, -0.05) is 0 Å². The number of likely N-dealkylation sites (tertiary alicyclic amines) is 1. The molecule has 3 nitrogen and oxygen atoms in total. The second kappa shape index (κ2) is 3.70. The third-order valence-corrected chi connectivity index (χ3v) is 2.20. The summed E-state index contributed by atoms with van der Waals surface area (Å²) in [5.41, 5.74) is 0. The first-order valence-electron chi connectivity index (χ1n) is 4.03. The van der Waals surface area contributed by atoms with Gasteiger partial charge in [-0.25, -0.2) is 0 Å². The van der Waals surface area contributed by atoms with Crippen molar-refractivity contribution in [3.05, 3.63) is 0 Å². The first kappa shape index (κ1) is 8.51. The Balaban J connectivity index is 2.32. The Morgan fingerprint density at radius 1 is 1.82 bits per heavy atom. The van der Waals surface area contributed by atoms with Crippen molar-refractivity contribution < 1.29 is 5.11 Å². The number of aliphatic hydroxyl groups is 1. The molecule has 62 valence electrons. The first-order chi connectivity index (χ1) is 5.24. The lowest BCUT2D eigenvalue weighted by molar-refractivity contribution is 0.163. The van der Waals surface area contributed by atoms with Crippen molar-refractivity contribution in [2.75, 3.05) is 13.1 Å². The fourth-order valence-corrected chi connectivity index (χ4v) is 1.43. The lowest BCUT2D eigenvalue weighted by atomic mass is 10.2. The topological polar surface area (TPSA) is 47.3 Å². The van der Waals surface area contributed by atoms with Crippen LogP contribution in [-0.2, 0) is 0 Å². The van der Waals surface area contributed by atoms with Gasteiger partial charge in [0.1, 0.15) is 0 Å². The summed E-state index contributed by atoms with van der Waals surface area (Å²) in [7, 11) is 0. The maximum atomic E-state index is 9.19. The average Bonchev–Trinajstić information content (AvgIpc) is 2.36. The van der Waals surface area contributed by atoms with Gasteiger partial charge in [-0.05, 0) is 13.3 Å². The molecular weight excluding hydrogens is 140 g/mol. The zero-order valence-electron chi connectivity index (χ0n) is 6.82. The van der Waals surface area contributed by atoms with E-state index < -0.39 is 0 Å². The molecule has 1 unspecified atom stereocenters. The van der Waals surface area contributed by atoms with Gasteiger partial charge < -0.3 is 5.11 Å². The lowest BCUT2D eigenvalue weighted by Gasteiger charge is -2.20. The van der Waals surface area contributed by atoms with Crippen LogP contribution in [0.2, 0.25) is 0 Å². The van der Waals surface area contributed by atoms with E-state index in [4.69, 9.17) is 5.26 Å². The van der Waals surface area contributed by atoms with Gasteiger partial charge in [0, 0.05) is 19.1 Å². The Labute approximate surface area is 67.2 Å². The fraction of sp³-hybridized carbons (Fsp3) is 0.875. The van der Waals surface area contributed by atoms with E-state index in [2.05, 4.69) is 11.0 Å². The van der Waals surface area contributed by atoms with Crippen LogP contribution < -0.4 is 0 Å². The second-order valence-corrected chi connectivity index (χ2v) is 3.15. The van der Waals surface area contributed by atoms with Crippen molar-refractivity contribution in [2.24, 2.45) is 0 Å². The third-order valence-electron chi connectivity index (χ3n) is 2.20. The molecule has 0 aromatic heterocycles. The summed E-state index contributed by atoms with van der Waals surface area (Å²) in [4.78, 5) is 2.16. The predicted octanol–water partition coefficient (Wildman–Crippen LogP) is 0.355. The van der Waals surface area contributed by atoms with Crippen LogP contribution in [0.1, 0.15) is 19.8 Å². The molecule has 1 N–H and O–H groups in total. The van der Waals surface area contributed by atoms with Crippen LogP contribution in [0.5, 0.6) is 0 Å². The molecule has 0 aromatic carbocycles. The van der Waals surface area contributed by atoms with Crippen LogP contribution in [0.4, 0.5) is 0 Å². The van der Waals surface area contributed by atoms with E-state index in [9.17, 15) is 5.11 Å². The lowest BCUT2D eigenvalue weighted by Crippen LogP contribution is -2.31. The number of hydrogen-bond acceptors (Lipinski definition) is 3. The Hall–Kier alpha value is -0.590. The van der Waals surface area contributed by atoms with Crippen LogP contribution in [-0.4, -0.2) is 35.2 Å². The largest absolute Gasteiger partial charge is 0.392 e. The minimum absolute atomic E-state index is 0.170. The number of nitriles is 1. The van der Waals surface area contributed by atoms with Crippen molar-refractivity contribution in [1.29, 1.82) is 5.26 Å². The molecule has 1 fully saturated rings. The van der Waals surface area contributed by atoms with Gasteiger partial charge in [0.25, 0.3) is 0 Å². The summed E-state index contributed by atoms with van der Waals surface area (Å²) in [5, 5.41) is 17.6. The standard InChI is InChI=1S/C8H14N2O/c1-7(2-4-9)10-5-3-8(11)6-10/h7-8,11H,2-3,5-6H2,1H3/t7?,8-/m0/s1. The van der Waals surface area contributed by atoms with E-state index in [1.165, 1.54) is 0 Å². The molecule has 11 heavy (non-hydrogen) atoms. The Morgan fingerprint density at radius 2 is 2.55 bits per heavy atom. The quantitative estimate of drug-likeness (QED) is 0.624. The van der Waals surface area contributed by atoms with Crippen LogP contribution in [0, 0.1) is 11.3 Å². The minimum Gasteiger partial charge on any atom is -0.392 e. The van der Waals surface area contributed by atoms with Gasteiger partial charge in [0.05, 0.1) is 18.6 Å². The zero-order valence-corrected chi connectivity index (χ0v) is 6.82. The van der Waals surface area contributed by atoms with E-state index in [1.807, 2.05) is 6.92 Å². The van der Waals surface area contributed by atoms with Crippen molar-refractivity contribution in [1.82, 2.24) is 4.90 Å². The van der Waals surface area contributed by atoms with Gasteiger partial charge in [-0.3, -0.25) is 4.90 Å². The molecule has 0 aliphatic carbocycles. The molecule has 1 aliphatic rings. The average molecular weight is 154 g/mol. The monoisotopic (exact) mass is 154 g/mol. The molecule has 0 spiro atoms. The SMILES string of the molecule is CC(CC#N)N1CC[C@H](O)C1. The minimum atomic E-state index is -0.170.